The molecule has 0 fully saturated rings. The molecule has 0 atom stereocenters. The molecule has 0 aromatic heterocycles. The van der Waals surface area contributed by atoms with Gasteiger partial charge in [0.25, 0.3) is 0 Å². The number of benzene rings is 2. The zero-order chi connectivity index (χ0) is 17.0. The normalized spacial score (nSPS) is 10.1. The van der Waals surface area contributed by atoms with Gasteiger partial charge in [0.15, 0.2) is 0 Å². The summed E-state index contributed by atoms with van der Waals surface area (Å²) in [5.74, 6) is -0.958. The van der Waals surface area contributed by atoms with Gasteiger partial charge in [0.1, 0.15) is 5.75 Å². The number of amides is 2. The zero-order valence-electron chi connectivity index (χ0n) is 13.7. The average Bonchev–Trinajstić information content (AvgIpc) is 2.52. The number of hydrogen-bond donors (Lipinski definition) is 2. The van der Waals surface area contributed by atoms with Gasteiger partial charge in [-0.3, -0.25) is 9.59 Å². The second-order valence-electron chi connectivity index (χ2n) is 5.36. The predicted octanol–water partition coefficient (Wildman–Crippen LogP) is 3.20. The summed E-state index contributed by atoms with van der Waals surface area (Å²) in [5, 5.41) is 5.21. The van der Waals surface area contributed by atoms with Crippen molar-refractivity contribution in [2.24, 2.45) is 0 Å². The Morgan fingerprint density at radius 1 is 0.913 bits per heavy atom. The second kappa shape index (κ2) is 6.96. The van der Waals surface area contributed by atoms with Crippen molar-refractivity contribution in [3.63, 3.8) is 0 Å². The highest BCUT2D eigenvalue weighted by Crippen LogP contribution is 2.25. The van der Waals surface area contributed by atoms with E-state index in [2.05, 4.69) is 10.6 Å². The van der Waals surface area contributed by atoms with Gasteiger partial charge >= 0.3 is 11.8 Å². The molecular formula is C18H20N2O3. The first kappa shape index (κ1) is 16.5. The summed E-state index contributed by atoms with van der Waals surface area (Å²) < 4.78 is 5.19. The standard InChI is InChI=1S/C18H20N2O3/c1-11-8-9-16(23-4)15(10-11)20-18(22)17(21)19-14-7-5-6-12(2)13(14)3/h5-10H,1-4H3,(H,19,21)(H,20,22). The van der Waals surface area contributed by atoms with Crippen molar-refractivity contribution in [2.75, 3.05) is 17.7 Å². The first-order valence-corrected chi connectivity index (χ1v) is 7.25. The maximum absolute atomic E-state index is 12.1. The summed E-state index contributed by atoms with van der Waals surface area (Å²) in [7, 11) is 1.51. The number of anilines is 2. The average molecular weight is 312 g/mol. The predicted molar refractivity (Wildman–Crippen MR) is 90.9 cm³/mol. The number of carbonyl (C=O) groups excluding carboxylic acids is 2. The smallest absolute Gasteiger partial charge is 0.314 e. The van der Waals surface area contributed by atoms with E-state index in [0.717, 1.165) is 16.7 Å². The number of aryl methyl sites for hydroxylation is 2. The molecule has 0 heterocycles. The van der Waals surface area contributed by atoms with Crippen molar-refractivity contribution in [1.82, 2.24) is 0 Å². The summed E-state index contributed by atoms with van der Waals surface area (Å²) in [5.41, 5.74) is 4.02. The van der Waals surface area contributed by atoms with Crippen LogP contribution in [0, 0.1) is 20.8 Å². The fourth-order valence-electron chi connectivity index (χ4n) is 2.16. The van der Waals surface area contributed by atoms with E-state index in [9.17, 15) is 9.59 Å². The molecule has 0 aliphatic rings. The Labute approximate surface area is 135 Å². The highest BCUT2D eigenvalue weighted by atomic mass is 16.5. The maximum atomic E-state index is 12.1. The van der Waals surface area contributed by atoms with Crippen LogP contribution in [0.3, 0.4) is 0 Å². The molecule has 0 unspecified atom stereocenters. The lowest BCUT2D eigenvalue weighted by Gasteiger charge is -2.12. The number of hydrogen-bond acceptors (Lipinski definition) is 3. The van der Waals surface area contributed by atoms with E-state index >= 15 is 0 Å². The van der Waals surface area contributed by atoms with Crippen molar-refractivity contribution in [3.05, 3.63) is 53.1 Å². The van der Waals surface area contributed by atoms with E-state index in [1.165, 1.54) is 7.11 Å². The molecule has 0 spiro atoms. The van der Waals surface area contributed by atoms with Crippen molar-refractivity contribution in [1.29, 1.82) is 0 Å². The number of ether oxygens (including phenoxy) is 1. The Hall–Kier alpha value is -2.82. The summed E-state index contributed by atoms with van der Waals surface area (Å²) >= 11 is 0. The molecule has 5 nitrogen and oxygen atoms in total. The van der Waals surface area contributed by atoms with Gasteiger partial charge in [-0.15, -0.1) is 0 Å². The highest BCUT2D eigenvalue weighted by Gasteiger charge is 2.17. The van der Waals surface area contributed by atoms with Gasteiger partial charge in [0, 0.05) is 5.69 Å². The lowest BCUT2D eigenvalue weighted by molar-refractivity contribution is -0.133. The van der Waals surface area contributed by atoms with Gasteiger partial charge < -0.3 is 15.4 Å². The van der Waals surface area contributed by atoms with E-state index in [-0.39, 0.29) is 0 Å². The van der Waals surface area contributed by atoms with Gasteiger partial charge in [0.2, 0.25) is 0 Å². The maximum Gasteiger partial charge on any atom is 0.314 e. The molecule has 0 aliphatic heterocycles. The van der Waals surface area contributed by atoms with Crippen LogP contribution in [0.4, 0.5) is 11.4 Å². The molecular weight excluding hydrogens is 292 g/mol. The quantitative estimate of drug-likeness (QED) is 0.855. The van der Waals surface area contributed by atoms with E-state index in [1.807, 2.05) is 39.0 Å². The molecule has 5 heteroatoms. The fourth-order valence-corrected chi connectivity index (χ4v) is 2.16. The summed E-state index contributed by atoms with van der Waals surface area (Å²) in [6.45, 7) is 5.74. The van der Waals surface area contributed by atoms with E-state index in [1.54, 1.807) is 18.2 Å². The molecule has 0 aliphatic carbocycles. The molecule has 0 saturated heterocycles. The molecule has 0 bridgehead atoms. The zero-order valence-corrected chi connectivity index (χ0v) is 13.7. The Morgan fingerprint density at radius 2 is 1.57 bits per heavy atom. The van der Waals surface area contributed by atoms with Crippen LogP contribution in [0.1, 0.15) is 16.7 Å². The first-order chi connectivity index (χ1) is 10.9. The van der Waals surface area contributed by atoms with Crippen molar-refractivity contribution in [2.45, 2.75) is 20.8 Å². The van der Waals surface area contributed by atoms with Crippen LogP contribution in [-0.4, -0.2) is 18.9 Å². The van der Waals surface area contributed by atoms with Gasteiger partial charge in [-0.05, 0) is 55.7 Å². The number of nitrogens with one attached hydrogen (secondary N) is 2. The molecule has 0 radical (unpaired) electrons. The largest absolute Gasteiger partial charge is 0.495 e. The number of rotatable bonds is 3. The third kappa shape index (κ3) is 3.88. The topological polar surface area (TPSA) is 67.4 Å². The minimum absolute atomic E-state index is 0.466. The molecule has 2 aromatic carbocycles. The lowest BCUT2D eigenvalue weighted by atomic mass is 10.1. The Bertz CT molecular complexity index is 754. The summed E-state index contributed by atoms with van der Waals surface area (Å²) in [6.07, 6.45) is 0. The SMILES string of the molecule is COc1ccc(C)cc1NC(=O)C(=O)Nc1cccc(C)c1C. The third-order valence-electron chi connectivity index (χ3n) is 3.66. The molecule has 2 N–H and O–H groups in total. The molecule has 2 rings (SSSR count). The molecule has 23 heavy (non-hydrogen) atoms. The van der Waals surface area contributed by atoms with E-state index < -0.39 is 11.8 Å². The van der Waals surface area contributed by atoms with E-state index in [0.29, 0.717) is 17.1 Å². The third-order valence-corrected chi connectivity index (χ3v) is 3.66. The number of methoxy groups -OCH3 is 1. The number of carbonyl (C=O) groups is 2. The fraction of sp³-hybridized carbons (Fsp3) is 0.222. The Balaban J connectivity index is 2.13. The molecule has 120 valence electrons. The monoisotopic (exact) mass is 312 g/mol. The van der Waals surface area contributed by atoms with Crippen molar-refractivity contribution >= 4 is 23.2 Å². The van der Waals surface area contributed by atoms with Crippen LogP contribution in [0.15, 0.2) is 36.4 Å². The second-order valence-corrected chi connectivity index (χ2v) is 5.36. The molecule has 2 aromatic rings. The lowest BCUT2D eigenvalue weighted by Crippen LogP contribution is -2.29. The van der Waals surface area contributed by atoms with Gasteiger partial charge in [-0.1, -0.05) is 18.2 Å². The van der Waals surface area contributed by atoms with Gasteiger partial charge in [-0.2, -0.15) is 0 Å². The van der Waals surface area contributed by atoms with Crippen LogP contribution in [0.25, 0.3) is 0 Å². The minimum Gasteiger partial charge on any atom is -0.495 e. The van der Waals surface area contributed by atoms with Crippen molar-refractivity contribution < 1.29 is 14.3 Å². The Kier molecular flexibility index (Phi) is 5.01. The highest BCUT2D eigenvalue weighted by molar-refractivity contribution is 6.43. The van der Waals surface area contributed by atoms with Crippen LogP contribution in [-0.2, 0) is 9.59 Å². The van der Waals surface area contributed by atoms with Gasteiger partial charge in [-0.25, -0.2) is 0 Å². The summed E-state index contributed by atoms with van der Waals surface area (Å²) in [6, 6.07) is 10.9. The van der Waals surface area contributed by atoms with Crippen LogP contribution in [0.5, 0.6) is 5.75 Å². The van der Waals surface area contributed by atoms with E-state index in [4.69, 9.17) is 4.74 Å². The van der Waals surface area contributed by atoms with Crippen molar-refractivity contribution in [3.8, 4) is 5.75 Å². The first-order valence-electron chi connectivity index (χ1n) is 7.25. The molecule has 2 amide bonds. The van der Waals surface area contributed by atoms with Gasteiger partial charge in [0.05, 0.1) is 12.8 Å². The molecule has 0 saturated carbocycles. The minimum atomic E-state index is -0.741. The summed E-state index contributed by atoms with van der Waals surface area (Å²) in [4.78, 5) is 24.2. The van der Waals surface area contributed by atoms with Crippen LogP contribution < -0.4 is 15.4 Å². The van der Waals surface area contributed by atoms with Crippen LogP contribution >= 0.6 is 0 Å². The van der Waals surface area contributed by atoms with Crippen LogP contribution in [0.2, 0.25) is 0 Å². The Morgan fingerprint density at radius 3 is 2.22 bits per heavy atom.